The van der Waals surface area contributed by atoms with E-state index in [1.54, 1.807) is 42.6 Å². The van der Waals surface area contributed by atoms with E-state index in [0.29, 0.717) is 12.5 Å². The highest BCUT2D eigenvalue weighted by Crippen LogP contribution is 2.55. The number of ether oxygens (including phenoxy) is 1. The van der Waals surface area contributed by atoms with E-state index in [-0.39, 0.29) is 5.97 Å². The maximum atomic E-state index is 14.2. The molecule has 0 fully saturated rings. The van der Waals surface area contributed by atoms with E-state index in [1.807, 2.05) is 34.0 Å². The van der Waals surface area contributed by atoms with E-state index < -0.39 is 0 Å². The van der Waals surface area contributed by atoms with E-state index in [4.69, 9.17) is 4.74 Å². The number of hydrogen-bond acceptors (Lipinski definition) is 8. The zero-order chi connectivity index (χ0) is 52.9. The molecule has 0 amide bonds. The fourth-order valence-electron chi connectivity index (χ4n) is 11.4. The molecule has 6 aromatic heterocycles. The van der Waals surface area contributed by atoms with E-state index in [0.717, 1.165) is 30.6 Å². The van der Waals surface area contributed by atoms with Gasteiger partial charge in [0.2, 0.25) is 0 Å². The molecule has 0 saturated heterocycles. The van der Waals surface area contributed by atoms with Gasteiger partial charge >= 0.3 is 5.97 Å². The lowest BCUT2D eigenvalue weighted by Crippen LogP contribution is -2.13. The molecule has 0 saturated carbocycles. The molecule has 8 heteroatoms. The van der Waals surface area contributed by atoms with Crippen LogP contribution in [0.3, 0.4) is 0 Å². The monoisotopic (exact) mass is 1120 g/mol. The summed E-state index contributed by atoms with van der Waals surface area (Å²) in [6, 6.07) is 12.5. The summed E-state index contributed by atoms with van der Waals surface area (Å²) in [4.78, 5) is 26.3. The number of unbranched alkanes of at least 4 members (excludes halogenated alkanes) is 21. The lowest BCUT2D eigenvalue weighted by molar-refractivity contribution is 0.0434. The summed E-state index contributed by atoms with van der Waals surface area (Å²) in [6.45, 7) is 18.9. The van der Waals surface area contributed by atoms with E-state index >= 15 is 0 Å². The van der Waals surface area contributed by atoms with Gasteiger partial charge in [-0.3, -0.25) is 0 Å². The summed E-state index contributed by atoms with van der Waals surface area (Å²) in [7, 11) is 0. The smallest absolute Gasteiger partial charge is 0.348 e. The second-order valence-corrected chi connectivity index (χ2v) is 29.0. The van der Waals surface area contributed by atoms with Gasteiger partial charge in [0.05, 0.1) is 21.1 Å². The third-order valence-corrected chi connectivity index (χ3v) is 23.5. The largest absolute Gasteiger partial charge is 0.461 e. The zero-order valence-electron chi connectivity index (χ0n) is 48.1. The van der Waals surface area contributed by atoms with Crippen LogP contribution in [0.1, 0.15) is 263 Å². The first-order valence-corrected chi connectivity index (χ1v) is 35.6. The highest BCUT2D eigenvalue weighted by atomic mass is 32.1. The van der Waals surface area contributed by atoms with Gasteiger partial charge in [-0.2, -0.15) is 0 Å². The Morgan fingerprint density at radius 2 is 0.893 bits per heavy atom. The van der Waals surface area contributed by atoms with E-state index in [9.17, 15) is 4.79 Å². The maximum Gasteiger partial charge on any atom is 0.348 e. The normalized spacial score (nSPS) is 12.4. The van der Waals surface area contributed by atoms with Crippen LogP contribution in [0.5, 0.6) is 0 Å². The first-order chi connectivity index (χ1) is 36.7. The minimum Gasteiger partial charge on any atom is -0.461 e. The van der Waals surface area contributed by atoms with E-state index in [2.05, 4.69) is 108 Å². The number of esters is 1. The van der Waals surface area contributed by atoms with Crippen LogP contribution in [0.25, 0.3) is 59.5 Å². The molecule has 0 aliphatic rings. The van der Waals surface area contributed by atoms with Crippen molar-refractivity contribution < 1.29 is 9.53 Å². The van der Waals surface area contributed by atoms with Crippen molar-refractivity contribution in [3.8, 4) is 29.3 Å². The summed E-state index contributed by atoms with van der Waals surface area (Å²) >= 11 is 11.9. The molecule has 0 N–H and O–H groups in total. The number of benzene rings is 1. The van der Waals surface area contributed by atoms with Crippen LogP contribution in [-0.2, 0) is 30.4 Å². The summed E-state index contributed by atoms with van der Waals surface area (Å²) in [6.07, 6.45) is 40.6. The second-order valence-electron chi connectivity index (χ2n) is 22.3. The average molecular weight is 1130 g/mol. The molecule has 1 atom stereocenters. The SMILES string of the molecule is CCCCCCCCc1cc(C)sc1-c1sc(-c2sc(-c3cc4c(CCCCCCCC)c5sc(C)cc5c(CCCCCCCC)c4s3)cc2CCCCCCCC)c2sc(C(=O)OCC(CC)CCCC)cc12. The Hall–Kier alpha value is -2.33. The third kappa shape index (κ3) is 16.6. The van der Waals surface area contributed by atoms with Crippen molar-refractivity contribution in [2.75, 3.05) is 6.61 Å². The van der Waals surface area contributed by atoms with Gasteiger partial charge in [-0.1, -0.05) is 189 Å². The van der Waals surface area contributed by atoms with Crippen molar-refractivity contribution in [2.45, 2.75) is 261 Å². The van der Waals surface area contributed by atoms with Crippen LogP contribution in [-0.4, -0.2) is 12.6 Å². The molecule has 0 bridgehead atoms. The van der Waals surface area contributed by atoms with E-state index in [1.165, 1.54) is 240 Å². The molecule has 0 spiro atoms. The van der Waals surface area contributed by atoms with Crippen molar-refractivity contribution in [3.05, 3.63) is 67.2 Å². The van der Waals surface area contributed by atoms with Gasteiger partial charge in [-0.15, -0.1) is 68.0 Å². The van der Waals surface area contributed by atoms with Crippen LogP contribution in [0.2, 0.25) is 0 Å². The van der Waals surface area contributed by atoms with Crippen LogP contribution in [0, 0.1) is 19.8 Å². The molecule has 0 aliphatic heterocycles. The fraction of sp³-hybridized carbons (Fsp3) is 0.627. The zero-order valence-corrected chi connectivity index (χ0v) is 53.0. The molecule has 7 aromatic rings. The van der Waals surface area contributed by atoms with Gasteiger partial charge in [0, 0.05) is 44.0 Å². The van der Waals surface area contributed by atoms with Crippen molar-refractivity contribution in [1.82, 2.24) is 0 Å². The number of carbonyl (C=O) groups excluding carboxylic acids is 1. The average Bonchev–Trinajstić information content (AvgIpc) is 4.29. The maximum absolute atomic E-state index is 14.2. The minimum atomic E-state index is -0.143. The van der Waals surface area contributed by atoms with Crippen LogP contribution >= 0.6 is 68.0 Å². The lowest BCUT2D eigenvalue weighted by Gasteiger charge is -2.14. The van der Waals surface area contributed by atoms with Crippen LogP contribution < -0.4 is 0 Å². The highest BCUT2D eigenvalue weighted by molar-refractivity contribution is 7.34. The van der Waals surface area contributed by atoms with Gasteiger partial charge in [0.25, 0.3) is 0 Å². The number of fused-ring (bicyclic) bond motifs is 3. The van der Waals surface area contributed by atoms with Gasteiger partial charge in [-0.25, -0.2) is 4.79 Å². The minimum absolute atomic E-state index is 0.143. The van der Waals surface area contributed by atoms with Crippen LogP contribution in [0.15, 0.2) is 30.3 Å². The molecular weight excluding hydrogens is 1030 g/mol. The molecule has 412 valence electrons. The summed E-state index contributed by atoms with van der Waals surface area (Å²) in [5, 5.41) is 4.35. The van der Waals surface area contributed by atoms with Crippen molar-refractivity contribution in [2.24, 2.45) is 5.92 Å². The van der Waals surface area contributed by atoms with Crippen LogP contribution in [0.4, 0.5) is 0 Å². The quantitative estimate of drug-likeness (QED) is 0.0285. The molecule has 1 aromatic carbocycles. The Morgan fingerprint density at radius 3 is 1.47 bits per heavy atom. The number of hydrogen-bond donors (Lipinski definition) is 0. The van der Waals surface area contributed by atoms with Gasteiger partial charge in [0.1, 0.15) is 4.88 Å². The molecule has 1 unspecified atom stereocenters. The Morgan fingerprint density at radius 1 is 0.413 bits per heavy atom. The highest BCUT2D eigenvalue weighted by Gasteiger charge is 2.27. The third-order valence-electron chi connectivity index (χ3n) is 15.9. The first-order valence-electron chi connectivity index (χ1n) is 30.7. The van der Waals surface area contributed by atoms with Crippen molar-refractivity contribution in [1.29, 1.82) is 0 Å². The molecule has 6 heterocycles. The Balaban J connectivity index is 1.34. The van der Waals surface area contributed by atoms with Gasteiger partial charge in [0.15, 0.2) is 0 Å². The topological polar surface area (TPSA) is 26.3 Å². The Bertz CT molecular complexity index is 2710. The Kier molecular flexibility index (Phi) is 25.8. The number of rotatable bonds is 38. The standard InChI is InChI=1S/C67H96O2S6/c1-9-15-20-24-28-32-37-50-41-47(7)70-60(50)64-56-45-59(67(68)69-46-49(14-6)36-19-13-5)74-65(56)66(75-64)61-51(38-33-29-25-21-16-10-2)43-57(72-61)58-44-55-53(40-35-31-27-23-18-12-4)62-54(42-48(8)71-62)52(63(55)73-58)39-34-30-26-22-17-11-3/h41-45,49H,9-40,46H2,1-8H3. The molecule has 75 heavy (non-hydrogen) atoms. The predicted molar refractivity (Wildman–Crippen MR) is 344 cm³/mol. The Labute approximate surface area is 479 Å². The number of thiophene rings is 6. The molecule has 7 rings (SSSR count). The number of carbonyl (C=O) groups is 1. The molecule has 2 nitrogen and oxygen atoms in total. The van der Waals surface area contributed by atoms with Gasteiger partial charge in [-0.05, 0) is 141 Å². The second kappa shape index (κ2) is 32.1. The summed E-state index contributed by atoms with van der Waals surface area (Å²) in [5.41, 5.74) is 6.23. The predicted octanol–water partition coefficient (Wildman–Crippen LogP) is 25.1. The number of aryl methyl sites for hydroxylation is 6. The first kappa shape index (κ1) is 60.3. The van der Waals surface area contributed by atoms with Crippen molar-refractivity contribution >= 4 is 104 Å². The van der Waals surface area contributed by atoms with Crippen molar-refractivity contribution in [3.63, 3.8) is 0 Å². The summed E-state index contributed by atoms with van der Waals surface area (Å²) < 4.78 is 10.6. The molecular formula is C67H96O2S6. The molecule has 0 aliphatic carbocycles. The molecule has 0 radical (unpaired) electrons. The fourth-order valence-corrected chi connectivity index (χ4v) is 19.1. The summed E-state index contributed by atoms with van der Waals surface area (Å²) in [5.74, 6) is 0.275. The van der Waals surface area contributed by atoms with Gasteiger partial charge < -0.3 is 4.74 Å². The lowest BCUT2D eigenvalue weighted by atomic mass is 9.94.